The number of rotatable bonds is 6. The zero-order valence-electron chi connectivity index (χ0n) is 14.3. The van der Waals surface area contributed by atoms with E-state index in [0.717, 1.165) is 36.7 Å². The van der Waals surface area contributed by atoms with Gasteiger partial charge < -0.3 is 9.26 Å². The molecule has 2 aromatic rings. The van der Waals surface area contributed by atoms with Crippen LogP contribution in [0.4, 0.5) is 0 Å². The highest BCUT2D eigenvalue weighted by Gasteiger charge is 2.31. The molecular formula is C19H26N2O2. The van der Waals surface area contributed by atoms with Crippen molar-refractivity contribution in [3.63, 3.8) is 0 Å². The fourth-order valence-electron chi connectivity index (χ4n) is 3.60. The summed E-state index contributed by atoms with van der Waals surface area (Å²) >= 11 is 0. The number of likely N-dealkylation sites (tertiary alicyclic amines) is 1. The fourth-order valence-corrected chi connectivity index (χ4v) is 3.60. The molecule has 0 bridgehead atoms. The number of para-hydroxylation sites is 1. The molecule has 124 valence electrons. The lowest BCUT2D eigenvalue weighted by atomic mass is 10.0. The first-order valence-corrected chi connectivity index (χ1v) is 8.64. The topological polar surface area (TPSA) is 38.5 Å². The van der Waals surface area contributed by atoms with Crippen LogP contribution in [0.1, 0.15) is 55.3 Å². The highest BCUT2D eigenvalue weighted by atomic mass is 16.5. The van der Waals surface area contributed by atoms with Gasteiger partial charge in [0.1, 0.15) is 11.5 Å². The Morgan fingerprint density at radius 2 is 2.13 bits per heavy atom. The first-order chi connectivity index (χ1) is 11.2. The first kappa shape index (κ1) is 16.1. The van der Waals surface area contributed by atoms with E-state index in [9.17, 15) is 0 Å². The summed E-state index contributed by atoms with van der Waals surface area (Å²) in [5.74, 6) is 2.04. The molecule has 0 radical (unpaired) electrons. The van der Waals surface area contributed by atoms with Crippen LogP contribution in [0.5, 0.6) is 5.75 Å². The Bertz CT molecular complexity index is 651. The maximum Gasteiger partial charge on any atom is 0.141 e. The molecule has 4 nitrogen and oxygen atoms in total. The highest BCUT2D eigenvalue weighted by molar-refractivity contribution is 5.34. The molecule has 2 heterocycles. The van der Waals surface area contributed by atoms with Crippen molar-refractivity contribution in [3.8, 4) is 5.75 Å². The average molecular weight is 314 g/mol. The van der Waals surface area contributed by atoms with Crippen LogP contribution in [0.2, 0.25) is 0 Å². The minimum atomic E-state index is 0.408. The van der Waals surface area contributed by atoms with E-state index in [4.69, 9.17) is 9.26 Å². The van der Waals surface area contributed by atoms with Crippen LogP contribution >= 0.6 is 0 Å². The van der Waals surface area contributed by atoms with Gasteiger partial charge in [-0.3, -0.25) is 4.90 Å². The number of benzene rings is 1. The van der Waals surface area contributed by atoms with Gasteiger partial charge in [0.2, 0.25) is 0 Å². The van der Waals surface area contributed by atoms with E-state index in [0.29, 0.717) is 12.6 Å². The molecule has 0 unspecified atom stereocenters. The molecule has 0 N–H and O–H groups in total. The molecule has 0 saturated carbocycles. The molecule has 1 fully saturated rings. The zero-order valence-corrected chi connectivity index (χ0v) is 14.3. The maximum atomic E-state index is 5.78. The second-order valence-corrected chi connectivity index (χ2v) is 6.13. The second kappa shape index (κ2) is 7.18. The third-order valence-electron chi connectivity index (χ3n) is 4.65. The van der Waals surface area contributed by atoms with Crippen molar-refractivity contribution < 1.29 is 9.26 Å². The molecule has 1 aromatic carbocycles. The smallest absolute Gasteiger partial charge is 0.141 e. The van der Waals surface area contributed by atoms with E-state index in [1.165, 1.54) is 24.0 Å². The van der Waals surface area contributed by atoms with Gasteiger partial charge in [0, 0.05) is 30.1 Å². The molecule has 1 aliphatic heterocycles. The van der Waals surface area contributed by atoms with Gasteiger partial charge in [-0.1, -0.05) is 30.3 Å². The summed E-state index contributed by atoms with van der Waals surface area (Å²) in [6, 6.07) is 8.76. The van der Waals surface area contributed by atoms with Gasteiger partial charge in [0.25, 0.3) is 0 Å². The molecule has 0 spiro atoms. The minimum absolute atomic E-state index is 0.408. The molecule has 0 amide bonds. The lowest BCUT2D eigenvalue weighted by Crippen LogP contribution is -2.24. The number of aryl methyl sites for hydroxylation is 2. The van der Waals surface area contributed by atoms with Gasteiger partial charge >= 0.3 is 0 Å². The Kier molecular flexibility index (Phi) is 5.01. The number of ether oxygens (including phenoxy) is 1. The Labute approximate surface area is 138 Å². The summed E-state index contributed by atoms with van der Waals surface area (Å²) in [6.45, 7) is 8.94. The Hall–Kier alpha value is -1.81. The predicted octanol–water partition coefficient (Wildman–Crippen LogP) is 4.28. The number of nitrogens with zero attached hydrogens (tertiary/aromatic N) is 2. The van der Waals surface area contributed by atoms with Crippen molar-refractivity contribution in [2.24, 2.45) is 0 Å². The van der Waals surface area contributed by atoms with Crippen LogP contribution in [-0.4, -0.2) is 23.2 Å². The molecular weight excluding hydrogens is 288 g/mol. The van der Waals surface area contributed by atoms with Gasteiger partial charge in [-0.2, -0.15) is 0 Å². The molecule has 1 aromatic heterocycles. The summed E-state index contributed by atoms with van der Waals surface area (Å²) in [4.78, 5) is 2.54. The zero-order chi connectivity index (χ0) is 16.2. The lowest BCUT2D eigenvalue weighted by molar-refractivity contribution is 0.238. The van der Waals surface area contributed by atoms with Crippen LogP contribution < -0.4 is 4.74 Å². The standard InChI is InChI=1S/C19H26N2O2/c1-4-17-19(14(3)20-23-17)16-10-8-12-21(16)13-15-9-6-7-11-18(15)22-5-2/h6-7,9,11,16H,4-5,8,10,12-13H2,1-3H3/t16-/m0/s1. The van der Waals surface area contributed by atoms with Gasteiger partial charge in [-0.25, -0.2) is 0 Å². The van der Waals surface area contributed by atoms with E-state index in [1.54, 1.807) is 0 Å². The van der Waals surface area contributed by atoms with E-state index < -0.39 is 0 Å². The van der Waals surface area contributed by atoms with E-state index in [1.807, 2.05) is 13.0 Å². The molecule has 23 heavy (non-hydrogen) atoms. The quantitative estimate of drug-likeness (QED) is 0.797. The Morgan fingerprint density at radius 3 is 2.91 bits per heavy atom. The van der Waals surface area contributed by atoms with Crippen molar-refractivity contribution in [3.05, 3.63) is 46.8 Å². The van der Waals surface area contributed by atoms with Crippen molar-refractivity contribution in [1.82, 2.24) is 10.1 Å². The molecule has 0 aliphatic carbocycles. The average Bonchev–Trinajstić information content (AvgIpc) is 3.15. The van der Waals surface area contributed by atoms with E-state index >= 15 is 0 Å². The van der Waals surface area contributed by atoms with Crippen molar-refractivity contribution in [1.29, 1.82) is 0 Å². The minimum Gasteiger partial charge on any atom is -0.494 e. The van der Waals surface area contributed by atoms with Gasteiger partial charge in [-0.05, 0) is 39.3 Å². The maximum absolute atomic E-state index is 5.78. The molecule has 1 saturated heterocycles. The Balaban J connectivity index is 1.84. The molecule has 4 heteroatoms. The van der Waals surface area contributed by atoms with E-state index in [2.05, 4.69) is 42.1 Å². The predicted molar refractivity (Wildman–Crippen MR) is 90.6 cm³/mol. The summed E-state index contributed by atoms with van der Waals surface area (Å²) < 4.78 is 11.3. The van der Waals surface area contributed by atoms with Crippen LogP contribution in [-0.2, 0) is 13.0 Å². The number of hydrogen-bond acceptors (Lipinski definition) is 4. The summed E-state index contributed by atoms with van der Waals surface area (Å²) in [5.41, 5.74) is 3.60. The van der Waals surface area contributed by atoms with Gasteiger partial charge in [-0.15, -0.1) is 0 Å². The van der Waals surface area contributed by atoms with E-state index in [-0.39, 0.29) is 0 Å². The van der Waals surface area contributed by atoms with Crippen molar-refractivity contribution in [2.45, 2.75) is 52.6 Å². The molecule has 3 rings (SSSR count). The third kappa shape index (κ3) is 3.27. The summed E-state index contributed by atoms with van der Waals surface area (Å²) in [6.07, 6.45) is 3.29. The van der Waals surface area contributed by atoms with Gasteiger partial charge in [0.15, 0.2) is 0 Å². The van der Waals surface area contributed by atoms with Crippen molar-refractivity contribution >= 4 is 0 Å². The monoisotopic (exact) mass is 314 g/mol. The largest absolute Gasteiger partial charge is 0.494 e. The SMILES string of the molecule is CCOc1ccccc1CN1CCC[C@H]1c1c(C)noc1CC. The third-order valence-corrected chi connectivity index (χ3v) is 4.65. The molecule has 1 atom stereocenters. The number of hydrogen-bond donors (Lipinski definition) is 0. The summed E-state index contributed by atoms with van der Waals surface area (Å²) in [7, 11) is 0. The van der Waals surface area contributed by atoms with Crippen molar-refractivity contribution in [2.75, 3.05) is 13.2 Å². The van der Waals surface area contributed by atoms with Crippen LogP contribution in [0.15, 0.2) is 28.8 Å². The Morgan fingerprint density at radius 1 is 1.30 bits per heavy atom. The van der Waals surface area contributed by atoms with Crippen LogP contribution in [0, 0.1) is 6.92 Å². The first-order valence-electron chi connectivity index (χ1n) is 8.64. The fraction of sp³-hybridized carbons (Fsp3) is 0.526. The van der Waals surface area contributed by atoms with Crippen LogP contribution in [0.3, 0.4) is 0 Å². The van der Waals surface area contributed by atoms with Gasteiger partial charge in [0.05, 0.1) is 12.3 Å². The number of aromatic nitrogens is 1. The highest BCUT2D eigenvalue weighted by Crippen LogP contribution is 2.37. The second-order valence-electron chi connectivity index (χ2n) is 6.13. The summed E-state index contributed by atoms with van der Waals surface area (Å²) in [5, 5.41) is 4.19. The lowest BCUT2D eigenvalue weighted by Gasteiger charge is -2.25. The molecule has 1 aliphatic rings. The normalized spacial score (nSPS) is 18.5. The van der Waals surface area contributed by atoms with Crippen LogP contribution in [0.25, 0.3) is 0 Å².